The van der Waals surface area contributed by atoms with Gasteiger partial charge in [-0.05, 0) is 37.5 Å². The molecule has 17 nitrogen and oxygen atoms in total. The summed E-state index contributed by atoms with van der Waals surface area (Å²) in [4.78, 5) is 83.6. The van der Waals surface area contributed by atoms with Gasteiger partial charge in [0.05, 0.1) is 12.1 Å². The van der Waals surface area contributed by atoms with E-state index in [2.05, 4.69) is 26.9 Å². The number of nitrogens with two attached hydrogens (primary N) is 2. The summed E-state index contributed by atoms with van der Waals surface area (Å²) in [6, 6.07) is -0.801. The number of nitrogens with one attached hydrogen (secondary N) is 2. The van der Waals surface area contributed by atoms with Gasteiger partial charge < -0.3 is 26.0 Å². The molecule has 6 rings (SSSR count). The molecular formula is C27H34N8O9S2. The summed E-state index contributed by atoms with van der Waals surface area (Å²) in [5, 5.41) is 9.39. The largest absolute Gasteiger partial charge is 0.460 e. The number of aromatic nitrogens is 6. The van der Waals surface area contributed by atoms with Crippen LogP contribution in [-0.2, 0) is 19.1 Å². The van der Waals surface area contributed by atoms with Crippen LogP contribution in [0.3, 0.4) is 0 Å². The number of rotatable bonds is 6. The van der Waals surface area contributed by atoms with Crippen molar-refractivity contribution >= 4 is 67.2 Å². The van der Waals surface area contributed by atoms with Gasteiger partial charge in [0.1, 0.15) is 21.6 Å². The molecule has 2 saturated carbocycles. The third kappa shape index (κ3) is 6.47. The van der Waals surface area contributed by atoms with Gasteiger partial charge in [0.25, 0.3) is 11.1 Å². The maximum Gasteiger partial charge on any atom is 0.309 e. The molecule has 2 aliphatic carbocycles. The number of fused-ring (bicyclic) bond motifs is 2. The van der Waals surface area contributed by atoms with Crippen molar-refractivity contribution in [3.05, 3.63) is 40.0 Å². The van der Waals surface area contributed by atoms with Crippen molar-refractivity contribution in [1.82, 2.24) is 29.1 Å². The Kier molecular flexibility index (Phi) is 9.45. The fourth-order valence-electron chi connectivity index (χ4n) is 6.33. The van der Waals surface area contributed by atoms with Crippen LogP contribution in [0.2, 0.25) is 0 Å². The van der Waals surface area contributed by atoms with Gasteiger partial charge in [-0.25, -0.2) is 0 Å². The number of H-pyrrole nitrogens is 2. The first-order valence-electron chi connectivity index (χ1n) is 14.6. The average molecular weight is 679 g/mol. The molecule has 2 aliphatic rings. The van der Waals surface area contributed by atoms with Crippen LogP contribution in [0.4, 0.5) is 11.9 Å². The smallest absolute Gasteiger partial charge is 0.309 e. The van der Waals surface area contributed by atoms with E-state index in [1.54, 1.807) is 0 Å². The molecule has 0 amide bonds. The van der Waals surface area contributed by atoms with Crippen LogP contribution >= 0.6 is 22.7 Å². The van der Waals surface area contributed by atoms with Crippen LogP contribution < -0.4 is 32.3 Å². The fraction of sp³-hybridized carbons (Fsp3) is 0.556. The van der Waals surface area contributed by atoms with E-state index >= 15 is 0 Å². The number of hydrogen-bond donors (Lipinski definition) is 5. The Balaban J connectivity index is 0.000000181. The molecule has 248 valence electrons. The van der Waals surface area contributed by atoms with Crippen molar-refractivity contribution in [3.63, 3.8) is 0 Å². The highest BCUT2D eigenvalue weighted by Crippen LogP contribution is 2.40. The highest BCUT2D eigenvalue weighted by atomic mass is 32.1. The van der Waals surface area contributed by atoms with Gasteiger partial charge in [0.15, 0.2) is 11.3 Å². The Labute approximate surface area is 267 Å². The van der Waals surface area contributed by atoms with Crippen molar-refractivity contribution in [2.24, 2.45) is 11.8 Å². The fourth-order valence-corrected chi connectivity index (χ4v) is 8.08. The molecule has 0 saturated heterocycles. The number of anilines is 2. The molecule has 4 aromatic heterocycles. The minimum atomic E-state index is -0.553. The number of aromatic amines is 2. The Hall–Kier alpha value is -4.36. The lowest BCUT2D eigenvalue weighted by molar-refractivity contribution is -0.148. The number of carbonyl (C=O) groups excluding carboxylic acids is 2. The molecule has 0 aromatic carbocycles. The number of esters is 2. The third-order valence-electron chi connectivity index (χ3n) is 8.26. The summed E-state index contributed by atoms with van der Waals surface area (Å²) >= 11 is 1.61. The lowest BCUT2D eigenvalue weighted by Gasteiger charge is -2.20. The van der Waals surface area contributed by atoms with Gasteiger partial charge in [-0.1, -0.05) is 36.0 Å². The number of nitrogen functional groups attached to an aromatic ring is 2. The quantitative estimate of drug-likeness (QED) is 0.175. The van der Waals surface area contributed by atoms with Crippen molar-refractivity contribution in [2.75, 3.05) is 18.1 Å². The highest BCUT2D eigenvalue weighted by Gasteiger charge is 2.40. The second kappa shape index (κ2) is 13.2. The number of carbonyl (C=O) groups is 2. The summed E-state index contributed by atoms with van der Waals surface area (Å²) < 4.78 is 13.9. The number of thiazole rings is 2. The van der Waals surface area contributed by atoms with E-state index < -0.39 is 35.3 Å². The number of nitrogens with zero attached hydrogens (tertiary/aromatic N) is 4. The molecule has 2 fully saturated rings. The summed E-state index contributed by atoms with van der Waals surface area (Å²) in [5.74, 6) is -0.708. The Morgan fingerprint density at radius 3 is 1.61 bits per heavy atom. The van der Waals surface area contributed by atoms with E-state index in [9.17, 15) is 33.9 Å². The van der Waals surface area contributed by atoms with Crippen molar-refractivity contribution < 1.29 is 24.2 Å². The third-order valence-corrected chi connectivity index (χ3v) is 10.1. The molecular weight excluding hydrogens is 644 g/mol. The monoisotopic (exact) mass is 678 g/mol. The van der Waals surface area contributed by atoms with E-state index in [4.69, 9.17) is 20.9 Å². The van der Waals surface area contributed by atoms with Crippen molar-refractivity contribution in [1.29, 1.82) is 0 Å². The van der Waals surface area contributed by atoms with Gasteiger partial charge in [-0.3, -0.25) is 47.9 Å². The molecule has 7 N–H and O–H groups in total. The maximum absolute atomic E-state index is 12.4. The van der Waals surface area contributed by atoms with E-state index in [1.165, 1.54) is 23.0 Å². The molecule has 4 aromatic rings. The molecule has 19 heteroatoms. The second-order valence-corrected chi connectivity index (χ2v) is 13.3. The van der Waals surface area contributed by atoms with Crippen LogP contribution in [0.25, 0.3) is 20.7 Å². The van der Waals surface area contributed by atoms with Gasteiger partial charge >= 0.3 is 21.7 Å². The first-order valence-corrected chi connectivity index (χ1v) is 16.2. The zero-order chi connectivity index (χ0) is 33.4. The van der Waals surface area contributed by atoms with Crippen LogP contribution in [0.15, 0.2) is 19.2 Å². The SMILES string of the molecule is CC(=O)OC1C[C@@H](CO)C[C@H]1n1c(=O)sc2c(=O)[nH]c(N)nc21.CC[C@@H]1CC(OC(C)=O)[C@H](n2c(=O)sc3c(=O)[nH]c(N)nc32)C1. The number of aliphatic hydroxyl groups excluding tert-OH is 1. The first kappa shape index (κ1) is 33.0. The van der Waals surface area contributed by atoms with E-state index in [0.29, 0.717) is 31.6 Å². The Morgan fingerprint density at radius 2 is 1.22 bits per heavy atom. The topological polar surface area (TPSA) is 260 Å². The van der Waals surface area contributed by atoms with Gasteiger partial charge in [0.2, 0.25) is 11.9 Å². The number of ether oxygens (including phenoxy) is 2. The van der Waals surface area contributed by atoms with Gasteiger partial charge in [-0.2, -0.15) is 9.97 Å². The van der Waals surface area contributed by atoms with Crippen molar-refractivity contribution in [3.8, 4) is 0 Å². The summed E-state index contributed by atoms with van der Waals surface area (Å²) in [5.41, 5.74) is 10.7. The normalized spacial score (nSPS) is 24.2. The van der Waals surface area contributed by atoms with Crippen molar-refractivity contribution in [2.45, 2.75) is 77.2 Å². The van der Waals surface area contributed by atoms with E-state index in [1.807, 2.05) is 0 Å². The highest BCUT2D eigenvalue weighted by molar-refractivity contribution is 7.16. The molecule has 0 aliphatic heterocycles. The lowest BCUT2D eigenvalue weighted by Crippen LogP contribution is -2.29. The minimum absolute atomic E-state index is 0.0388. The standard InChI is InChI=1S/C14H18N4O4S.C13H16N4O5S/c1-3-7-4-8(9(5-7)22-6(2)19)18-11-10(23-14(18)21)12(20)17-13(15)16-11;1-5(19)22-8-3-6(4-18)2-7(8)17-10-9(23-13(17)21)11(20)16-12(14)15-10/h7-9H,3-5H2,1-2H3,(H3,15,16,17,20);6-8,18H,2-4H2,1H3,(H3,14,15,16,20)/t7-,8+,9?;6-,7+,8?/m00/s1. The zero-order valence-electron chi connectivity index (χ0n) is 25.2. The van der Waals surface area contributed by atoms with Crippen LogP contribution in [0, 0.1) is 11.8 Å². The summed E-state index contributed by atoms with van der Waals surface area (Å²) in [6.45, 7) is 4.64. The number of hydrogen-bond acceptors (Lipinski definition) is 15. The predicted octanol–water partition coefficient (Wildman–Crippen LogP) is 0.625. The predicted molar refractivity (Wildman–Crippen MR) is 170 cm³/mol. The molecule has 0 spiro atoms. The molecule has 0 bridgehead atoms. The molecule has 6 atom stereocenters. The van der Waals surface area contributed by atoms with E-state index in [0.717, 1.165) is 29.1 Å². The summed E-state index contributed by atoms with van der Waals surface area (Å²) in [7, 11) is 0. The maximum atomic E-state index is 12.4. The van der Waals surface area contributed by atoms with Gasteiger partial charge in [0, 0.05) is 20.5 Å². The van der Waals surface area contributed by atoms with Crippen LogP contribution in [0.5, 0.6) is 0 Å². The zero-order valence-corrected chi connectivity index (χ0v) is 26.8. The molecule has 0 radical (unpaired) electrons. The van der Waals surface area contributed by atoms with Crippen LogP contribution in [0.1, 0.15) is 65.0 Å². The lowest BCUT2D eigenvalue weighted by atomic mass is 10.1. The second-order valence-electron chi connectivity index (χ2n) is 11.4. The molecule has 46 heavy (non-hydrogen) atoms. The minimum Gasteiger partial charge on any atom is -0.460 e. The average Bonchev–Trinajstić information content (AvgIpc) is 3.71. The Bertz CT molecular complexity index is 1880. The van der Waals surface area contributed by atoms with E-state index in [-0.39, 0.29) is 66.9 Å². The van der Waals surface area contributed by atoms with Crippen LogP contribution in [-0.4, -0.2) is 64.9 Å². The Morgan fingerprint density at radius 1 is 0.804 bits per heavy atom. The molecule has 4 heterocycles. The molecule has 2 unspecified atom stereocenters. The summed E-state index contributed by atoms with van der Waals surface area (Å²) in [6.07, 6.45) is 2.29. The first-order chi connectivity index (χ1) is 21.8. The number of aliphatic hydroxyl groups is 1. The van der Waals surface area contributed by atoms with Gasteiger partial charge in [-0.15, -0.1) is 0 Å².